The molecule has 3 rings (SSSR count). The van der Waals surface area contributed by atoms with Crippen molar-refractivity contribution < 1.29 is 9.59 Å². The van der Waals surface area contributed by atoms with Gasteiger partial charge in [0.2, 0.25) is 0 Å². The van der Waals surface area contributed by atoms with Crippen molar-refractivity contribution in [2.24, 2.45) is 0 Å². The van der Waals surface area contributed by atoms with E-state index in [2.05, 4.69) is 39.1 Å². The average Bonchev–Trinajstić information content (AvgIpc) is 2.97. The predicted molar refractivity (Wildman–Crippen MR) is 90.6 cm³/mol. The number of benzene rings is 1. The Morgan fingerprint density at radius 2 is 1.68 bits per heavy atom. The molecule has 2 heterocycles. The normalized spacial score (nSPS) is 13.9. The van der Waals surface area contributed by atoms with Crippen molar-refractivity contribution in [3.05, 3.63) is 50.6 Å². The lowest BCUT2D eigenvalue weighted by Crippen LogP contribution is -2.30. The third-order valence-corrected chi connectivity index (χ3v) is 5.08. The van der Waals surface area contributed by atoms with E-state index in [1.54, 1.807) is 24.3 Å². The van der Waals surface area contributed by atoms with E-state index in [1.807, 2.05) is 6.92 Å². The number of aromatic nitrogens is 2. The molecule has 0 unspecified atom stereocenters. The lowest BCUT2D eigenvalue weighted by Gasteiger charge is -2.14. The summed E-state index contributed by atoms with van der Waals surface area (Å²) in [4.78, 5) is 30.8. The standard InChI is InChI=1S/C16H16IN3O2/c1-3-12-14(17)19(4-2)13(18-12)9-20-15(21)10-7-5-6-8-11(10)16(20)22/h5-8H,3-4,9H2,1-2H3. The minimum absolute atomic E-state index is 0.218. The number of halogens is 1. The fourth-order valence-corrected chi connectivity index (χ4v) is 3.84. The van der Waals surface area contributed by atoms with Crippen LogP contribution in [0.1, 0.15) is 46.1 Å². The zero-order valence-corrected chi connectivity index (χ0v) is 14.6. The molecule has 0 saturated heterocycles. The molecule has 1 aliphatic rings. The van der Waals surface area contributed by atoms with Gasteiger partial charge in [-0.25, -0.2) is 4.98 Å². The molecule has 2 aromatic rings. The number of imide groups is 1. The maximum Gasteiger partial charge on any atom is 0.261 e. The zero-order chi connectivity index (χ0) is 15.9. The van der Waals surface area contributed by atoms with Crippen LogP contribution in [0.15, 0.2) is 24.3 Å². The average molecular weight is 409 g/mol. The summed E-state index contributed by atoms with van der Waals surface area (Å²) in [5, 5.41) is 0. The second-order valence-electron chi connectivity index (χ2n) is 5.11. The fourth-order valence-electron chi connectivity index (χ4n) is 2.72. The van der Waals surface area contributed by atoms with Gasteiger partial charge in [-0.05, 0) is 48.1 Å². The highest BCUT2D eigenvalue weighted by Gasteiger charge is 2.36. The summed E-state index contributed by atoms with van der Waals surface area (Å²) in [7, 11) is 0. The number of hydrogen-bond acceptors (Lipinski definition) is 3. The molecule has 0 bridgehead atoms. The molecule has 1 aromatic heterocycles. The Kier molecular flexibility index (Phi) is 4.03. The highest BCUT2D eigenvalue weighted by molar-refractivity contribution is 14.1. The van der Waals surface area contributed by atoms with Gasteiger partial charge < -0.3 is 4.57 Å². The minimum Gasteiger partial charge on any atom is -0.322 e. The summed E-state index contributed by atoms with van der Waals surface area (Å²) >= 11 is 2.27. The first-order chi connectivity index (χ1) is 10.6. The molecule has 22 heavy (non-hydrogen) atoms. The molecular weight excluding hydrogens is 393 g/mol. The van der Waals surface area contributed by atoms with Gasteiger partial charge in [-0.2, -0.15) is 0 Å². The van der Waals surface area contributed by atoms with Crippen LogP contribution < -0.4 is 0 Å². The number of carbonyl (C=O) groups is 2. The van der Waals surface area contributed by atoms with Gasteiger partial charge in [-0.1, -0.05) is 19.1 Å². The van der Waals surface area contributed by atoms with E-state index in [0.29, 0.717) is 11.1 Å². The van der Waals surface area contributed by atoms with E-state index in [-0.39, 0.29) is 18.4 Å². The van der Waals surface area contributed by atoms with E-state index in [1.165, 1.54) is 4.90 Å². The van der Waals surface area contributed by atoms with Crippen LogP contribution in [0.25, 0.3) is 0 Å². The van der Waals surface area contributed by atoms with Gasteiger partial charge in [-0.3, -0.25) is 14.5 Å². The van der Waals surface area contributed by atoms with Gasteiger partial charge >= 0.3 is 0 Å². The number of imidazole rings is 1. The number of hydrogen-bond donors (Lipinski definition) is 0. The van der Waals surface area contributed by atoms with Crippen molar-refractivity contribution in [3.8, 4) is 0 Å². The lowest BCUT2D eigenvalue weighted by molar-refractivity contribution is 0.0636. The fraction of sp³-hybridized carbons (Fsp3) is 0.312. The van der Waals surface area contributed by atoms with Gasteiger partial charge in [0.15, 0.2) is 0 Å². The molecule has 1 aromatic carbocycles. The largest absolute Gasteiger partial charge is 0.322 e. The molecule has 1 aliphatic heterocycles. The van der Waals surface area contributed by atoms with Crippen LogP contribution in [0, 0.1) is 3.70 Å². The maximum absolute atomic E-state index is 12.4. The number of nitrogens with zero attached hydrogens (tertiary/aromatic N) is 3. The first-order valence-electron chi connectivity index (χ1n) is 7.27. The number of carbonyl (C=O) groups excluding carboxylic acids is 2. The number of aryl methyl sites for hydroxylation is 1. The molecule has 0 saturated carbocycles. The molecule has 0 fully saturated rings. The molecule has 114 valence electrons. The Hall–Kier alpha value is -1.70. The first-order valence-corrected chi connectivity index (χ1v) is 8.35. The van der Waals surface area contributed by atoms with Crippen LogP contribution in [-0.2, 0) is 19.5 Å². The Bertz CT molecular complexity index is 732. The zero-order valence-electron chi connectivity index (χ0n) is 12.5. The van der Waals surface area contributed by atoms with Gasteiger partial charge in [0.05, 0.1) is 23.4 Å². The molecule has 0 atom stereocenters. The van der Waals surface area contributed by atoms with E-state index in [9.17, 15) is 9.59 Å². The van der Waals surface area contributed by atoms with Gasteiger partial charge in [0.1, 0.15) is 9.53 Å². The summed E-state index contributed by atoms with van der Waals surface area (Å²) < 4.78 is 3.14. The van der Waals surface area contributed by atoms with E-state index >= 15 is 0 Å². The Morgan fingerprint density at radius 3 is 2.18 bits per heavy atom. The highest BCUT2D eigenvalue weighted by atomic mass is 127. The SMILES string of the molecule is CCc1nc(CN2C(=O)c3ccccc3C2=O)n(CC)c1I. The summed E-state index contributed by atoms with van der Waals surface area (Å²) in [6.07, 6.45) is 0.834. The molecule has 0 spiro atoms. The van der Waals surface area contributed by atoms with Gasteiger partial charge in [-0.15, -0.1) is 0 Å². The third kappa shape index (κ3) is 2.25. The topological polar surface area (TPSA) is 55.2 Å². The van der Waals surface area contributed by atoms with Gasteiger partial charge in [0.25, 0.3) is 11.8 Å². The van der Waals surface area contributed by atoms with Crippen LogP contribution in [-0.4, -0.2) is 26.3 Å². The molecule has 6 heteroatoms. The smallest absolute Gasteiger partial charge is 0.261 e. The van der Waals surface area contributed by atoms with Crippen LogP contribution in [0.5, 0.6) is 0 Å². The Balaban J connectivity index is 1.96. The quantitative estimate of drug-likeness (QED) is 0.577. The van der Waals surface area contributed by atoms with E-state index in [4.69, 9.17) is 0 Å². The molecule has 5 nitrogen and oxygen atoms in total. The van der Waals surface area contributed by atoms with Crippen molar-refractivity contribution in [1.82, 2.24) is 14.5 Å². The number of rotatable bonds is 4. The molecule has 0 N–H and O–H groups in total. The third-order valence-electron chi connectivity index (χ3n) is 3.88. The van der Waals surface area contributed by atoms with Crippen molar-refractivity contribution in [2.75, 3.05) is 0 Å². The molecule has 2 amide bonds. The minimum atomic E-state index is -0.237. The van der Waals surface area contributed by atoms with Crippen molar-refractivity contribution in [3.63, 3.8) is 0 Å². The molecule has 0 radical (unpaired) electrons. The molecular formula is C16H16IN3O2. The van der Waals surface area contributed by atoms with Crippen molar-refractivity contribution in [1.29, 1.82) is 0 Å². The monoisotopic (exact) mass is 409 g/mol. The summed E-state index contributed by atoms with van der Waals surface area (Å²) in [5.74, 6) is 0.289. The van der Waals surface area contributed by atoms with Crippen LogP contribution in [0.2, 0.25) is 0 Å². The second kappa shape index (κ2) is 5.83. The molecule has 0 aliphatic carbocycles. The predicted octanol–water partition coefficient (Wildman–Crippen LogP) is 2.87. The van der Waals surface area contributed by atoms with Crippen LogP contribution in [0.3, 0.4) is 0 Å². The lowest BCUT2D eigenvalue weighted by atomic mass is 10.1. The Labute approximate surface area is 142 Å². The second-order valence-corrected chi connectivity index (χ2v) is 6.13. The Morgan fingerprint density at radius 1 is 1.09 bits per heavy atom. The summed E-state index contributed by atoms with van der Waals surface area (Å²) in [5.41, 5.74) is 1.97. The van der Waals surface area contributed by atoms with Gasteiger partial charge in [0, 0.05) is 6.54 Å². The highest BCUT2D eigenvalue weighted by Crippen LogP contribution is 2.25. The van der Waals surface area contributed by atoms with Crippen LogP contribution in [0.4, 0.5) is 0 Å². The summed E-state index contributed by atoms with van der Waals surface area (Å²) in [6.45, 7) is 5.07. The van der Waals surface area contributed by atoms with Crippen LogP contribution >= 0.6 is 22.6 Å². The van der Waals surface area contributed by atoms with E-state index < -0.39 is 0 Å². The van der Waals surface area contributed by atoms with Crippen molar-refractivity contribution >= 4 is 34.4 Å². The first kappa shape index (κ1) is 15.2. The number of fused-ring (bicyclic) bond motifs is 1. The van der Waals surface area contributed by atoms with E-state index in [0.717, 1.165) is 28.2 Å². The van der Waals surface area contributed by atoms with Crippen molar-refractivity contribution in [2.45, 2.75) is 33.4 Å². The maximum atomic E-state index is 12.4. The number of amides is 2. The summed E-state index contributed by atoms with van der Waals surface area (Å²) in [6, 6.07) is 6.95.